The van der Waals surface area contributed by atoms with Crippen LogP contribution in [0.15, 0.2) is 0 Å². The number of carbonyl (C=O) groups is 2. The zero-order chi connectivity index (χ0) is 22.7. The molecule has 1 aliphatic rings. The monoisotopic (exact) mass is 532 g/mol. The normalized spacial score (nSPS) is 13.1. The van der Waals surface area contributed by atoms with Crippen molar-refractivity contribution >= 4 is 32.9 Å². The summed E-state index contributed by atoms with van der Waals surface area (Å²) in [4.78, 5) is 20.7. The number of unbranched alkanes of at least 4 members (excludes halogenated alkanes) is 10. The predicted octanol–water partition coefficient (Wildman–Crippen LogP) is 8.64. The summed E-state index contributed by atoms with van der Waals surface area (Å²) in [6, 6.07) is 0. The molecular formula is C26H52O3Sn. The van der Waals surface area contributed by atoms with Gasteiger partial charge >= 0.3 is 75.5 Å². The Hall–Kier alpha value is -0.0613. The smallest absolute Gasteiger partial charge is 0.132 e. The first-order chi connectivity index (χ1) is 14.6. The molecule has 3 nitrogen and oxygen atoms in total. The van der Waals surface area contributed by atoms with Crippen molar-refractivity contribution in [3.8, 4) is 0 Å². The summed E-state index contributed by atoms with van der Waals surface area (Å²) in [5.74, 6) is -0.195. The van der Waals surface area contributed by atoms with E-state index in [1.807, 2.05) is 0 Å². The van der Waals surface area contributed by atoms with Crippen LogP contribution < -0.4 is 0 Å². The summed E-state index contributed by atoms with van der Waals surface area (Å²) in [7, 11) is 0. The maximum atomic E-state index is 10.5. The Morgan fingerprint density at radius 2 is 1.13 bits per heavy atom. The van der Waals surface area contributed by atoms with Crippen LogP contribution in [0.2, 0.25) is 8.87 Å². The van der Waals surface area contributed by atoms with Crippen molar-refractivity contribution in [2.45, 2.75) is 152 Å². The fourth-order valence-corrected chi connectivity index (χ4v) is 7.42. The fourth-order valence-electron chi connectivity index (χ4n) is 3.26. The number of rotatable bonds is 16. The van der Waals surface area contributed by atoms with Crippen molar-refractivity contribution in [1.82, 2.24) is 0 Å². The molecule has 0 atom stereocenters. The first-order valence-corrected chi connectivity index (χ1v) is 17.1. The maximum Gasteiger partial charge on any atom is 0.132 e. The van der Waals surface area contributed by atoms with Crippen molar-refractivity contribution in [2.75, 3.05) is 0 Å². The van der Waals surface area contributed by atoms with Crippen molar-refractivity contribution in [3.63, 3.8) is 0 Å². The van der Waals surface area contributed by atoms with Crippen LogP contribution in [-0.4, -0.2) is 38.0 Å². The van der Waals surface area contributed by atoms with Crippen LogP contribution in [0.1, 0.15) is 143 Å². The quantitative estimate of drug-likeness (QED) is 0.160. The van der Waals surface area contributed by atoms with E-state index in [0.29, 0.717) is 12.2 Å². The summed E-state index contributed by atoms with van der Waals surface area (Å²) < 4.78 is 3.25. The van der Waals surface area contributed by atoms with Crippen LogP contribution in [0.5, 0.6) is 0 Å². The Morgan fingerprint density at radius 1 is 0.700 bits per heavy atom. The summed E-state index contributed by atoms with van der Waals surface area (Å²) in [5, 5.41) is 8.41. The Kier molecular flexibility index (Phi) is 31.0. The Balaban J connectivity index is 0. The van der Waals surface area contributed by atoms with Crippen LogP contribution in [0.3, 0.4) is 0 Å². The van der Waals surface area contributed by atoms with Crippen molar-refractivity contribution in [2.24, 2.45) is 0 Å². The van der Waals surface area contributed by atoms with Crippen LogP contribution in [0, 0.1) is 0 Å². The molecule has 2 radical (unpaired) electrons. The molecule has 1 rings (SSSR count). The second-order valence-electron chi connectivity index (χ2n) is 8.53. The largest absolute Gasteiger partial charge is 0.300 e. The topological polar surface area (TPSA) is 54.4 Å². The maximum absolute atomic E-state index is 10.5. The van der Waals surface area contributed by atoms with E-state index < -0.39 is 5.97 Å². The minimum absolute atomic E-state index is 0.149. The van der Waals surface area contributed by atoms with E-state index in [1.54, 1.807) is 8.87 Å². The minimum Gasteiger partial charge on any atom is -0.300 e. The third-order valence-corrected chi connectivity index (χ3v) is 9.36. The third kappa shape index (κ3) is 32.6. The molecule has 0 aromatic heterocycles. The van der Waals surface area contributed by atoms with E-state index in [4.69, 9.17) is 5.11 Å². The van der Waals surface area contributed by atoms with E-state index in [-0.39, 0.29) is 21.1 Å². The Morgan fingerprint density at radius 3 is 1.50 bits per heavy atom. The van der Waals surface area contributed by atoms with Gasteiger partial charge in [-0.1, -0.05) is 64.7 Å². The molecule has 1 aliphatic carbocycles. The molecule has 0 bridgehead atoms. The molecule has 0 aliphatic heterocycles. The third-order valence-electron chi connectivity index (χ3n) is 5.32. The number of hydrogen-bond acceptors (Lipinski definition) is 2. The van der Waals surface area contributed by atoms with Gasteiger partial charge in [-0.25, -0.2) is 0 Å². The molecule has 1 N–H and O–H groups in total. The Bertz CT molecular complexity index is 344. The molecule has 30 heavy (non-hydrogen) atoms. The van der Waals surface area contributed by atoms with Gasteiger partial charge in [-0.2, -0.15) is 0 Å². The molecule has 0 amide bonds. The summed E-state index contributed by atoms with van der Waals surface area (Å²) in [5.41, 5.74) is 0. The van der Waals surface area contributed by atoms with Crippen molar-refractivity contribution < 1.29 is 14.7 Å². The van der Waals surface area contributed by atoms with Crippen LogP contribution >= 0.6 is 0 Å². The van der Waals surface area contributed by atoms with Crippen molar-refractivity contribution in [3.05, 3.63) is 0 Å². The van der Waals surface area contributed by atoms with Gasteiger partial charge in [-0.3, -0.25) is 9.59 Å². The SMILES string of the molecule is CCCCCCCCCCCC(=O)O.CCC[CH2][Sn][CH2]CCC.O=C1CCCCC1. The first-order valence-electron chi connectivity index (χ1n) is 13.0. The molecule has 0 heterocycles. The minimum atomic E-state index is -0.659. The number of carboxylic acid groups (broad SMARTS) is 1. The van der Waals surface area contributed by atoms with Gasteiger partial charge in [-0.05, 0) is 19.3 Å². The van der Waals surface area contributed by atoms with Gasteiger partial charge in [0.2, 0.25) is 0 Å². The van der Waals surface area contributed by atoms with Crippen LogP contribution in [-0.2, 0) is 9.59 Å². The molecule has 1 saturated carbocycles. The average molecular weight is 531 g/mol. The first kappa shape index (κ1) is 32.1. The number of Topliss-reactive ketones (excluding diaryl/α,β-unsaturated/α-hetero) is 1. The predicted molar refractivity (Wildman–Crippen MR) is 133 cm³/mol. The summed E-state index contributed by atoms with van der Waals surface area (Å²) in [6.45, 7) is 6.81. The van der Waals surface area contributed by atoms with Gasteiger partial charge in [0, 0.05) is 19.3 Å². The second kappa shape index (κ2) is 28.9. The number of ketones is 1. The number of carbonyl (C=O) groups excluding carboxylic acids is 1. The molecule has 178 valence electrons. The van der Waals surface area contributed by atoms with Crippen LogP contribution in [0.4, 0.5) is 0 Å². The summed E-state index contributed by atoms with van der Waals surface area (Å²) >= 11 is 0.149. The van der Waals surface area contributed by atoms with Gasteiger partial charge in [0.25, 0.3) is 0 Å². The second-order valence-corrected chi connectivity index (χ2v) is 12.8. The molecule has 0 saturated heterocycles. The molecule has 1 fully saturated rings. The van der Waals surface area contributed by atoms with Crippen LogP contribution in [0.25, 0.3) is 0 Å². The molecule has 0 spiro atoms. The van der Waals surface area contributed by atoms with Gasteiger partial charge in [0.05, 0.1) is 0 Å². The van der Waals surface area contributed by atoms with Crippen molar-refractivity contribution in [1.29, 1.82) is 0 Å². The van der Waals surface area contributed by atoms with E-state index in [0.717, 1.165) is 38.5 Å². The standard InChI is InChI=1S/C12H24O2.C6H10O.2C4H9.Sn/c1-2-3-4-5-6-7-8-9-10-11-12(13)14;7-6-4-2-1-3-5-6;2*1-3-4-2;/h2-11H2,1H3,(H,13,14);1-5H2;2*1,3-4H2,2H3;. The van der Waals surface area contributed by atoms with Gasteiger partial charge in [-0.15, -0.1) is 0 Å². The zero-order valence-corrected chi connectivity index (χ0v) is 23.5. The zero-order valence-electron chi connectivity index (χ0n) is 20.6. The van der Waals surface area contributed by atoms with E-state index >= 15 is 0 Å². The van der Waals surface area contributed by atoms with E-state index in [2.05, 4.69) is 20.8 Å². The van der Waals surface area contributed by atoms with Gasteiger partial charge in [0.15, 0.2) is 0 Å². The number of hydrogen-bond donors (Lipinski definition) is 1. The van der Waals surface area contributed by atoms with Gasteiger partial charge < -0.3 is 5.11 Å². The molecule has 0 aromatic carbocycles. The summed E-state index contributed by atoms with van der Waals surface area (Å²) in [6.07, 6.45) is 22.6. The van der Waals surface area contributed by atoms with E-state index in [1.165, 1.54) is 77.0 Å². The average Bonchev–Trinajstić information content (AvgIpc) is 2.74. The Labute approximate surface area is 198 Å². The molecule has 4 heteroatoms. The fraction of sp³-hybridized carbons (Fsp3) is 0.923. The van der Waals surface area contributed by atoms with Gasteiger partial charge in [0.1, 0.15) is 5.78 Å². The number of carboxylic acids is 1. The number of aliphatic carboxylic acids is 1. The molecule has 0 unspecified atom stereocenters. The molecule has 0 aromatic rings. The van der Waals surface area contributed by atoms with E-state index in [9.17, 15) is 9.59 Å². The molecular weight excluding hydrogens is 479 g/mol.